The topological polar surface area (TPSA) is 83.5 Å². The van der Waals surface area contributed by atoms with E-state index in [1.54, 1.807) is 39.5 Å². The van der Waals surface area contributed by atoms with E-state index in [9.17, 15) is 9.59 Å². The van der Waals surface area contributed by atoms with Crippen molar-refractivity contribution in [2.24, 2.45) is 0 Å². The van der Waals surface area contributed by atoms with Crippen LogP contribution in [0.1, 0.15) is 54.4 Å². The summed E-state index contributed by atoms with van der Waals surface area (Å²) in [5, 5.41) is 3.92. The number of methoxy groups -OCH3 is 3. The van der Waals surface area contributed by atoms with Crippen LogP contribution in [0.15, 0.2) is 72.8 Å². The van der Waals surface area contributed by atoms with Crippen LogP contribution in [-0.2, 0) is 14.3 Å². The quantitative estimate of drug-likeness (QED) is 0.0480. The Hall–Kier alpha value is -4.56. The summed E-state index contributed by atoms with van der Waals surface area (Å²) in [6, 6.07) is 21.6. The first kappa shape index (κ1) is 34.3. The normalized spacial score (nSPS) is 11.3. The second-order valence-electron chi connectivity index (χ2n) is 11.2. The van der Waals surface area contributed by atoms with Crippen LogP contribution >= 0.6 is 0 Å². The molecule has 0 unspecified atom stereocenters. The summed E-state index contributed by atoms with van der Waals surface area (Å²) in [5.41, 5.74) is 1.39. The molecule has 0 bridgehead atoms. The van der Waals surface area contributed by atoms with E-state index in [1.165, 1.54) is 6.08 Å². The van der Waals surface area contributed by atoms with Crippen LogP contribution in [0.3, 0.4) is 0 Å². The van der Waals surface area contributed by atoms with Crippen molar-refractivity contribution in [1.82, 2.24) is 4.90 Å². The van der Waals surface area contributed by atoms with Gasteiger partial charge in [0.1, 0.15) is 0 Å². The van der Waals surface area contributed by atoms with Crippen molar-refractivity contribution in [1.29, 1.82) is 0 Å². The van der Waals surface area contributed by atoms with Crippen molar-refractivity contribution in [3.63, 3.8) is 0 Å². The fourth-order valence-electron chi connectivity index (χ4n) is 5.51. The molecule has 8 nitrogen and oxygen atoms in total. The number of rotatable bonds is 18. The van der Waals surface area contributed by atoms with Crippen molar-refractivity contribution in [2.45, 2.75) is 38.5 Å². The molecule has 0 radical (unpaired) electrons. The fourth-order valence-corrected chi connectivity index (χ4v) is 5.51. The van der Waals surface area contributed by atoms with Crippen molar-refractivity contribution in [2.75, 3.05) is 54.7 Å². The van der Waals surface area contributed by atoms with E-state index in [-0.39, 0.29) is 11.9 Å². The summed E-state index contributed by atoms with van der Waals surface area (Å²) in [6.07, 6.45) is 8.98. The van der Waals surface area contributed by atoms with Crippen LogP contribution in [0.25, 0.3) is 27.6 Å². The third-order valence-electron chi connectivity index (χ3n) is 7.92. The molecule has 0 aliphatic rings. The predicted molar refractivity (Wildman–Crippen MR) is 183 cm³/mol. The van der Waals surface area contributed by atoms with Gasteiger partial charge in [0.05, 0.1) is 40.1 Å². The van der Waals surface area contributed by atoms with Crippen molar-refractivity contribution in [3.05, 3.63) is 83.9 Å². The summed E-state index contributed by atoms with van der Waals surface area (Å²) >= 11 is 0. The lowest BCUT2D eigenvalue weighted by atomic mass is 9.97. The summed E-state index contributed by atoms with van der Waals surface area (Å²) in [6.45, 7) is 2.63. The molecule has 0 heterocycles. The van der Waals surface area contributed by atoms with E-state index in [4.69, 9.17) is 23.7 Å². The molecule has 0 saturated heterocycles. The van der Waals surface area contributed by atoms with Gasteiger partial charge in [0.2, 0.25) is 5.75 Å². The average Bonchev–Trinajstić information content (AvgIpc) is 3.08. The van der Waals surface area contributed by atoms with Gasteiger partial charge in [-0.3, -0.25) is 0 Å². The minimum atomic E-state index is -0.383. The molecule has 0 spiro atoms. The molecule has 0 fully saturated rings. The van der Waals surface area contributed by atoms with Gasteiger partial charge in [0.25, 0.3) is 0 Å². The van der Waals surface area contributed by atoms with Crippen LogP contribution in [0.2, 0.25) is 0 Å². The Morgan fingerprint density at radius 2 is 1.24 bits per heavy atom. The molecule has 0 saturated carbocycles. The molecule has 46 heavy (non-hydrogen) atoms. The molecule has 0 N–H and O–H groups in total. The van der Waals surface area contributed by atoms with Crippen molar-refractivity contribution in [3.8, 4) is 17.2 Å². The van der Waals surface area contributed by atoms with Gasteiger partial charge in [0.15, 0.2) is 11.5 Å². The molecule has 0 aliphatic heterocycles. The van der Waals surface area contributed by atoms with E-state index >= 15 is 0 Å². The zero-order valence-electron chi connectivity index (χ0n) is 27.4. The maximum absolute atomic E-state index is 13.1. The maximum Gasteiger partial charge on any atom is 0.339 e. The van der Waals surface area contributed by atoms with Crippen molar-refractivity contribution < 1.29 is 33.3 Å². The summed E-state index contributed by atoms with van der Waals surface area (Å²) in [7, 11) is 6.75. The number of nitrogens with zero attached hydrogens (tertiary/aromatic N) is 1. The zero-order chi connectivity index (χ0) is 32.7. The maximum atomic E-state index is 13.1. The second-order valence-corrected chi connectivity index (χ2v) is 11.2. The summed E-state index contributed by atoms with van der Waals surface area (Å²) in [5.74, 6) is 0.894. The SMILES string of the molecule is COc1cc(/C=C/C(=O)OCCCCCCCN(C)CCCOC(=O)c2c3ccccc3cc3ccccc23)cc(OC)c1OC. The predicted octanol–water partition coefficient (Wildman–Crippen LogP) is 7.70. The highest BCUT2D eigenvalue weighted by molar-refractivity contribution is 6.16. The zero-order valence-corrected chi connectivity index (χ0v) is 27.4. The van der Waals surface area contributed by atoms with Crippen molar-refractivity contribution >= 4 is 39.6 Å². The standard InChI is InChI=1S/C38H45NO7/c1-39(22-14-24-46-38(41)36-31-17-10-8-15-29(31)27-30-16-9-11-18-32(30)36)21-12-6-5-7-13-23-45-35(40)20-19-28-25-33(42-2)37(44-4)34(26-28)43-3/h8-11,15-20,25-27H,5-7,12-14,21-24H2,1-4H3/b20-19+. The highest BCUT2D eigenvalue weighted by atomic mass is 16.5. The number of carbonyl (C=O) groups excluding carboxylic acids is 2. The number of benzene rings is 4. The number of unbranched alkanes of at least 4 members (excludes halogenated alkanes) is 4. The van der Waals surface area contributed by atoms with Crippen LogP contribution in [-0.4, -0.2) is 71.5 Å². The Morgan fingerprint density at radius 3 is 1.87 bits per heavy atom. The minimum Gasteiger partial charge on any atom is -0.493 e. The monoisotopic (exact) mass is 627 g/mol. The summed E-state index contributed by atoms with van der Waals surface area (Å²) < 4.78 is 27.1. The van der Waals surface area contributed by atoms with Crippen LogP contribution in [0.5, 0.6) is 17.2 Å². The molecule has 0 amide bonds. The number of hydrogen-bond donors (Lipinski definition) is 0. The summed E-state index contributed by atoms with van der Waals surface area (Å²) in [4.78, 5) is 27.6. The molecule has 0 aliphatic carbocycles. The number of fused-ring (bicyclic) bond motifs is 2. The lowest BCUT2D eigenvalue weighted by Crippen LogP contribution is -2.22. The highest BCUT2D eigenvalue weighted by Crippen LogP contribution is 2.38. The van der Waals surface area contributed by atoms with E-state index in [2.05, 4.69) is 18.0 Å². The molecule has 4 aromatic rings. The van der Waals surface area contributed by atoms with E-state index in [0.717, 1.165) is 78.7 Å². The minimum absolute atomic E-state index is 0.268. The molecular formula is C38H45NO7. The van der Waals surface area contributed by atoms with Gasteiger partial charge in [-0.25, -0.2) is 9.59 Å². The van der Waals surface area contributed by atoms with Gasteiger partial charge in [0, 0.05) is 12.6 Å². The van der Waals surface area contributed by atoms with Crippen LogP contribution in [0.4, 0.5) is 0 Å². The fraction of sp³-hybridized carbons (Fsp3) is 0.368. The smallest absolute Gasteiger partial charge is 0.339 e. The van der Waals surface area contributed by atoms with E-state index in [1.807, 2.05) is 48.5 Å². The first-order valence-electron chi connectivity index (χ1n) is 15.9. The molecular weight excluding hydrogens is 582 g/mol. The largest absolute Gasteiger partial charge is 0.493 e. The van der Waals surface area contributed by atoms with E-state index in [0.29, 0.717) is 36.0 Å². The number of hydrogen-bond acceptors (Lipinski definition) is 8. The Balaban J connectivity index is 1.07. The molecule has 8 heteroatoms. The highest BCUT2D eigenvalue weighted by Gasteiger charge is 2.16. The first-order chi connectivity index (χ1) is 22.4. The Bertz CT molecular complexity index is 1550. The molecule has 0 atom stereocenters. The second kappa shape index (κ2) is 17.8. The van der Waals surface area contributed by atoms with Gasteiger partial charge in [-0.05, 0) is 84.2 Å². The first-order valence-corrected chi connectivity index (χ1v) is 15.9. The third kappa shape index (κ3) is 9.47. The lowest BCUT2D eigenvalue weighted by molar-refractivity contribution is -0.137. The van der Waals surface area contributed by atoms with Gasteiger partial charge in [-0.1, -0.05) is 67.8 Å². The Kier molecular flexibility index (Phi) is 13.3. The average molecular weight is 628 g/mol. The molecule has 4 rings (SSSR count). The molecule has 0 aromatic heterocycles. The Morgan fingerprint density at radius 1 is 0.674 bits per heavy atom. The number of carbonyl (C=O) groups is 2. The van der Waals surface area contributed by atoms with Gasteiger partial charge >= 0.3 is 11.9 Å². The van der Waals surface area contributed by atoms with Crippen LogP contribution < -0.4 is 14.2 Å². The third-order valence-corrected chi connectivity index (χ3v) is 7.92. The van der Waals surface area contributed by atoms with E-state index < -0.39 is 0 Å². The Labute approximate surface area is 271 Å². The van der Waals surface area contributed by atoms with Crippen LogP contribution in [0, 0.1) is 0 Å². The number of esters is 2. The molecule has 244 valence electrons. The lowest BCUT2D eigenvalue weighted by Gasteiger charge is -2.16. The number of ether oxygens (including phenoxy) is 5. The molecule has 4 aromatic carbocycles. The van der Waals surface area contributed by atoms with Gasteiger partial charge < -0.3 is 28.6 Å². The van der Waals surface area contributed by atoms with Gasteiger partial charge in [-0.15, -0.1) is 0 Å². The van der Waals surface area contributed by atoms with Gasteiger partial charge in [-0.2, -0.15) is 0 Å².